The maximum absolute atomic E-state index is 11.9. The fraction of sp³-hybridized carbons (Fsp3) is 0.143. The third-order valence-electron chi connectivity index (χ3n) is 3.56. The molecule has 110 valence electrons. The minimum absolute atomic E-state index is 0.0152. The fourth-order valence-corrected chi connectivity index (χ4v) is 5.23. The first-order valence-electron chi connectivity index (χ1n) is 6.39. The Morgan fingerprint density at radius 1 is 1.41 bits per heavy atom. The number of β-lactam (4-membered cyclic amide) rings is 1. The van der Waals surface area contributed by atoms with E-state index in [4.69, 9.17) is 12.2 Å². The van der Waals surface area contributed by atoms with Crippen molar-refractivity contribution in [3.63, 3.8) is 0 Å². The van der Waals surface area contributed by atoms with Gasteiger partial charge in [-0.2, -0.15) is 0 Å². The number of fused-ring (bicyclic) bond motifs is 2. The molecule has 0 aliphatic carbocycles. The van der Waals surface area contributed by atoms with Crippen LogP contribution in [0, 0.1) is 0 Å². The van der Waals surface area contributed by atoms with Gasteiger partial charge in [0, 0.05) is 11.3 Å². The Morgan fingerprint density at radius 2 is 2.18 bits per heavy atom. The highest BCUT2D eigenvalue weighted by atomic mass is 32.2. The van der Waals surface area contributed by atoms with Gasteiger partial charge < -0.3 is 5.11 Å². The van der Waals surface area contributed by atoms with Gasteiger partial charge in [-0.3, -0.25) is 9.69 Å². The van der Waals surface area contributed by atoms with E-state index in [-0.39, 0.29) is 17.0 Å². The third kappa shape index (κ3) is 1.84. The molecule has 2 aliphatic heterocycles. The first kappa shape index (κ1) is 13.9. The van der Waals surface area contributed by atoms with E-state index in [0.29, 0.717) is 21.2 Å². The summed E-state index contributed by atoms with van der Waals surface area (Å²) in [5, 5.41) is 9.86. The van der Waals surface area contributed by atoms with E-state index in [9.17, 15) is 14.7 Å². The van der Waals surface area contributed by atoms with Crippen molar-refractivity contribution >= 4 is 67.8 Å². The summed E-state index contributed by atoms with van der Waals surface area (Å²) in [4.78, 5) is 29.7. The molecular weight excluding hydrogens is 340 g/mol. The zero-order valence-corrected chi connectivity index (χ0v) is 13.4. The monoisotopic (exact) mass is 348 g/mol. The molecule has 1 fully saturated rings. The Morgan fingerprint density at radius 3 is 2.91 bits per heavy atom. The number of hydrogen-bond acceptors (Lipinski definition) is 6. The maximum Gasteiger partial charge on any atom is 0.353 e. The number of aliphatic carboxylic acids is 1. The number of carboxylic acid groups (broad SMARTS) is 1. The van der Waals surface area contributed by atoms with E-state index in [1.807, 2.05) is 24.3 Å². The number of thioether (sulfide) groups is 1. The SMILES string of the molecule is O=C(O)C1=C(c2nc3ccccc3s2)CS[C@H]2C(=S)C(=O)N12. The molecule has 1 N–H and O–H groups in total. The van der Waals surface area contributed by atoms with Gasteiger partial charge in [-0.1, -0.05) is 24.4 Å². The van der Waals surface area contributed by atoms with Gasteiger partial charge in [0.1, 0.15) is 20.9 Å². The van der Waals surface area contributed by atoms with Crippen molar-refractivity contribution in [1.82, 2.24) is 9.88 Å². The molecule has 3 heterocycles. The average Bonchev–Trinajstić information content (AvgIpc) is 2.96. The normalized spacial score (nSPS) is 21.1. The first-order chi connectivity index (χ1) is 10.6. The molecule has 4 rings (SSSR count). The number of amides is 1. The quantitative estimate of drug-likeness (QED) is 0.664. The second-order valence-corrected chi connectivity index (χ2v) is 7.36. The number of benzene rings is 1. The van der Waals surface area contributed by atoms with Crippen molar-refractivity contribution in [2.75, 3.05) is 5.75 Å². The number of carbonyl (C=O) groups excluding carboxylic acids is 1. The van der Waals surface area contributed by atoms with Gasteiger partial charge in [0.2, 0.25) is 0 Å². The Balaban J connectivity index is 1.89. The second-order valence-electron chi connectivity index (χ2n) is 4.82. The molecule has 0 bridgehead atoms. The smallest absolute Gasteiger partial charge is 0.353 e. The van der Waals surface area contributed by atoms with Crippen LogP contribution in [0.1, 0.15) is 5.01 Å². The molecule has 1 saturated heterocycles. The lowest BCUT2D eigenvalue weighted by Crippen LogP contribution is -2.61. The summed E-state index contributed by atoms with van der Waals surface area (Å²) in [7, 11) is 0. The minimum atomic E-state index is -1.12. The first-order valence-corrected chi connectivity index (χ1v) is 8.66. The van der Waals surface area contributed by atoms with Gasteiger partial charge in [-0.25, -0.2) is 9.78 Å². The van der Waals surface area contributed by atoms with Crippen molar-refractivity contribution in [3.05, 3.63) is 35.0 Å². The van der Waals surface area contributed by atoms with Crippen LogP contribution >= 0.6 is 35.3 Å². The molecule has 8 heteroatoms. The molecule has 1 aromatic carbocycles. The zero-order chi connectivity index (χ0) is 15.4. The molecule has 1 amide bonds. The summed E-state index contributed by atoms with van der Waals surface area (Å²) >= 11 is 7.92. The van der Waals surface area contributed by atoms with Crippen molar-refractivity contribution in [2.45, 2.75) is 5.37 Å². The molecular formula is C14H8N2O3S3. The number of aromatic nitrogens is 1. The lowest BCUT2D eigenvalue weighted by molar-refractivity contribution is -0.138. The van der Waals surface area contributed by atoms with Crippen molar-refractivity contribution in [1.29, 1.82) is 0 Å². The van der Waals surface area contributed by atoms with E-state index in [2.05, 4.69) is 4.98 Å². The van der Waals surface area contributed by atoms with Crippen LogP contribution in [-0.4, -0.2) is 42.9 Å². The largest absolute Gasteiger partial charge is 0.477 e. The Labute approximate surface area is 138 Å². The number of rotatable bonds is 2. The van der Waals surface area contributed by atoms with E-state index < -0.39 is 5.97 Å². The van der Waals surface area contributed by atoms with Gasteiger partial charge >= 0.3 is 5.97 Å². The van der Waals surface area contributed by atoms with Crippen LogP contribution in [0.3, 0.4) is 0 Å². The highest BCUT2D eigenvalue weighted by Gasteiger charge is 2.50. The summed E-state index contributed by atoms with van der Waals surface area (Å²) < 4.78 is 0.993. The summed E-state index contributed by atoms with van der Waals surface area (Å²) in [5.74, 6) is -1.02. The van der Waals surface area contributed by atoms with Crippen LogP contribution in [0.25, 0.3) is 15.8 Å². The predicted molar refractivity (Wildman–Crippen MR) is 89.9 cm³/mol. The minimum Gasteiger partial charge on any atom is -0.477 e. The number of hydrogen-bond donors (Lipinski definition) is 1. The van der Waals surface area contributed by atoms with Crippen LogP contribution < -0.4 is 0 Å². The van der Waals surface area contributed by atoms with Gasteiger partial charge in [-0.05, 0) is 12.1 Å². The predicted octanol–water partition coefficient (Wildman–Crippen LogP) is 2.38. The van der Waals surface area contributed by atoms with Crippen molar-refractivity contribution in [3.8, 4) is 0 Å². The number of carbonyl (C=O) groups is 2. The Kier molecular flexibility index (Phi) is 3.07. The lowest BCUT2D eigenvalue weighted by atomic mass is 10.1. The van der Waals surface area contributed by atoms with Gasteiger partial charge in [0.15, 0.2) is 0 Å². The van der Waals surface area contributed by atoms with Crippen LogP contribution in [0.4, 0.5) is 0 Å². The zero-order valence-electron chi connectivity index (χ0n) is 11.0. The lowest BCUT2D eigenvalue weighted by Gasteiger charge is -2.43. The van der Waals surface area contributed by atoms with Gasteiger partial charge in [-0.15, -0.1) is 23.1 Å². The Hall–Kier alpha value is -1.77. The number of carboxylic acids is 1. The second kappa shape index (κ2) is 4.87. The molecule has 0 saturated carbocycles. The average molecular weight is 348 g/mol. The molecule has 0 radical (unpaired) electrons. The summed E-state index contributed by atoms with van der Waals surface area (Å²) in [6, 6.07) is 7.64. The maximum atomic E-state index is 11.9. The number of thiocarbonyl (C=S) groups is 1. The summed E-state index contributed by atoms with van der Waals surface area (Å²) in [6.07, 6.45) is 0. The molecule has 22 heavy (non-hydrogen) atoms. The molecule has 5 nitrogen and oxygen atoms in total. The van der Waals surface area contributed by atoms with E-state index in [1.165, 1.54) is 28.0 Å². The molecule has 0 spiro atoms. The fourth-order valence-electron chi connectivity index (χ4n) is 2.52. The number of para-hydroxylation sites is 1. The molecule has 1 atom stereocenters. The van der Waals surface area contributed by atoms with E-state index in [1.54, 1.807) is 0 Å². The highest BCUT2D eigenvalue weighted by Crippen LogP contribution is 2.43. The molecule has 1 aromatic heterocycles. The van der Waals surface area contributed by atoms with Crippen LogP contribution in [-0.2, 0) is 9.59 Å². The van der Waals surface area contributed by atoms with E-state index >= 15 is 0 Å². The summed E-state index contributed by atoms with van der Waals surface area (Å²) in [5.41, 5.74) is 1.43. The molecule has 2 aliphatic rings. The van der Waals surface area contributed by atoms with Crippen LogP contribution in [0.2, 0.25) is 0 Å². The van der Waals surface area contributed by atoms with Gasteiger partial charge in [0.25, 0.3) is 5.91 Å². The molecule has 0 unspecified atom stereocenters. The third-order valence-corrected chi connectivity index (χ3v) is 6.42. The standard InChI is InChI=1S/C14H8N2O3S3/c17-12-10(20)13-16(12)9(14(18)19)6(5-21-13)11-15-7-3-1-2-4-8(7)22-11/h1-4,13H,5H2,(H,18,19)/t13-/m0/s1. The van der Waals surface area contributed by atoms with Crippen molar-refractivity contribution < 1.29 is 14.7 Å². The van der Waals surface area contributed by atoms with Crippen molar-refractivity contribution in [2.24, 2.45) is 0 Å². The topological polar surface area (TPSA) is 70.5 Å². The van der Waals surface area contributed by atoms with Gasteiger partial charge in [0.05, 0.1) is 10.2 Å². The molecule has 2 aromatic rings. The number of thiazole rings is 1. The Bertz CT molecular complexity index is 853. The number of nitrogens with zero attached hydrogens (tertiary/aromatic N) is 2. The van der Waals surface area contributed by atoms with Crippen LogP contribution in [0.5, 0.6) is 0 Å². The van der Waals surface area contributed by atoms with Crippen LogP contribution in [0.15, 0.2) is 30.0 Å². The van der Waals surface area contributed by atoms with E-state index in [0.717, 1.165) is 10.2 Å². The highest BCUT2D eigenvalue weighted by molar-refractivity contribution is 8.02. The summed E-state index contributed by atoms with van der Waals surface area (Å²) in [6.45, 7) is 0.